The molecule has 0 fully saturated rings. The van der Waals surface area contributed by atoms with Crippen LogP contribution in [0.15, 0.2) is 49.9 Å². The van der Waals surface area contributed by atoms with Crippen molar-refractivity contribution in [2.45, 2.75) is 12.2 Å². The Morgan fingerprint density at radius 2 is 1.52 bits per heavy atom. The van der Waals surface area contributed by atoms with E-state index in [0.29, 0.717) is 0 Å². The van der Waals surface area contributed by atoms with Crippen LogP contribution in [0.2, 0.25) is 0 Å². The van der Waals surface area contributed by atoms with E-state index in [1.54, 1.807) is 8.47 Å². The van der Waals surface area contributed by atoms with Crippen LogP contribution >= 0.6 is 94.1 Å². The number of hydrogen-bond acceptors (Lipinski definition) is 9. The third-order valence-electron chi connectivity index (χ3n) is 3.30. The average molecular weight is 478 g/mol. The number of pyridine rings is 1. The molecule has 3 aliphatic heterocycles. The van der Waals surface area contributed by atoms with Gasteiger partial charge in [-0.3, -0.25) is 4.98 Å². The second-order valence-corrected chi connectivity index (χ2v) is 14.7. The van der Waals surface area contributed by atoms with Crippen molar-refractivity contribution in [1.82, 2.24) is 4.98 Å². The summed E-state index contributed by atoms with van der Waals surface area (Å²) in [6.07, 6.45) is 7.28. The molecule has 3 aliphatic rings. The lowest BCUT2D eigenvalue weighted by molar-refractivity contribution is 1.13. The van der Waals surface area contributed by atoms with Gasteiger partial charge in [0, 0.05) is 18.1 Å². The first-order valence-corrected chi connectivity index (χ1v) is 15.0. The van der Waals surface area contributed by atoms with Gasteiger partial charge in [-0.15, -0.1) is 47.0 Å². The molecule has 0 aromatic carbocycles. The van der Waals surface area contributed by atoms with E-state index >= 15 is 0 Å². The lowest BCUT2D eigenvalue weighted by atomic mass is 10.3. The zero-order valence-corrected chi connectivity index (χ0v) is 19.9. The number of nitrogens with zero attached hydrogens (tertiary/aromatic N) is 1. The maximum absolute atomic E-state index is 4.11. The highest BCUT2D eigenvalue weighted by molar-refractivity contribution is 8.45. The van der Waals surface area contributed by atoms with E-state index in [4.69, 9.17) is 0 Å². The fourth-order valence-electron chi connectivity index (χ4n) is 2.12. The molecule has 4 heterocycles. The van der Waals surface area contributed by atoms with Gasteiger partial charge in [0.1, 0.15) is 0 Å². The fraction of sp³-hybridized carbons (Fsp3) is 0.312. The quantitative estimate of drug-likeness (QED) is 0.425. The van der Waals surface area contributed by atoms with Crippen molar-refractivity contribution in [3.05, 3.63) is 55.5 Å². The number of aromatic nitrogens is 1. The zero-order valence-electron chi connectivity index (χ0n) is 13.4. The lowest BCUT2D eigenvalue weighted by Gasteiger charge is -2.04. The highest BCUT2D eigenvalue weighted by Gasteiger charge is 2.31. The molecule has 0 radical (unpaired) electrons. The topological polar surface area (TPSA) is 12.9 Å². The first-order chi connectivity index (χ1) is 12.3. The Bertz CT molecular complexity index is 720. The van der Waals surface area contributed by atoms with Crippen molar-refractivity contribution >= 4 is 94.1 Å². The summed E-state index contributed by atoms with van der Waals surface area (Å²) in [5.74, 6) is 3.55. The van der Waals surface area contributed by atoms with Crippen LogP contribution in [0.4, 0.5) is 0 Å². The van der Waals surface area contributed by atoms with Crippen LogP contribution in [0.1, 0.15) is 12.0 Å². The van der Waals surface area contributed by atoms with Crippen LogP contribution in [0, 0.1) is 0 Å². The Morgan fingerprint density at radius 1 is 0.880 bits per heavy atom. The van der Waals surface area contributed by atoms with Crippen molar-refractivity contribution in [1.29, 1.82) is 0 Å². The van der Waals surface area contributed by atoms with E-state index in [9.17, 15) is 0 Å². The summed E-state index contributed by atoms with van der Waals surface area (Å²) in [5.41, 5.74) is 1.34. The summed E-state index contributed by atoms with van der Waals surface area (Å²) in [5, 5.41) is 0. The highest BCUT2D eigenvalue weighted by atomic mass is 32.3. The zero-order chi connectivity index (χ0) is 17.1. The van der Waals surface area contributed by atoms with E-state index < -0.39 is 0 Å². The minimum absolute atomic E-state index is 1.01. The van der Waals surface area contributed by atoms with Crippen LogP contribution in [0.3, 0.4) is 0 Å². The first-order valence-electron chi connectivity index (χ1n) is 7.59. The van der Waals surface area contributed by atoms with E-state index in [2.05, 4.69) is 46.9 Å². The largest absolute Gasteiger partial charge is 0.265 e. The van der Waals surface area contributed by atoms with Crippen LogP contribution in [0.25, 0.3) is 0 Å². The van der Waals surface area contributed by atoms with Gasteiger partial charge in [-0.2, -0.15) is 0 Å². The molecular formula is C16H15NS8. The highest BCUT2D eigenvalue weighted by Crippen LogP contribution is 2.66. The van der Waals surface area contributed by atoms with E-state index in [0.717, 1.165) is 5.75 Å². The number of rotatable bonds is 4. The molecule has 132 valence electrons. The molecule has 9 heteroatoms. The van der Waals surface area contributed by atoms with Gasteiger partial charge in [-0.05, 0) is 41.9 Å². The second kappa shape index (κ2) is 9.58. The Kier molecular flexibility index (Phi) is 7.47. The third-order valence-corrected chi connectivity index (χ3v) is 15.0. The molecule has 0 spiro atoms. The number of thioether (sulfide) groups is 8. The van der Waals surface area contributed by atoms with Gasteiger partial charge in [-0.25, -0.2) is 0 Å². The molecule has 1 aromatic rings. The van der Waals surface area contributed by atoms with Crippen molar-refractivity contribution < 1.29 is 0 Å². The predicted molar refractivity (Wildman–Crippen MR) is 130 cm³/mol. The van der Waals surface area contributed by atoms with Crippen LogP contribution < -0.4 is 0 Å². The molecule has 0 aliphatic carbocycles. The minimum Gasteiger partial charge on any atom is -0.265 e. The summed E-state index contributed by atoms with van der Waals surface area (Å²) in [6, 6.07) is 4.22. The fourth-order valence-corrected chi connectivity index (χ4v) is 13.8. The molecule has 0 saturated heterocycles. The molecule has 1 nitrogen and oxygen atoms in total. The minimum atomic E-state index is 1.01. The SMILES string of the molecule is CSC1=C(SCc2ccncc2)SC(=C2SC3=C(SCCCS3)S2)S1. The van der Waals surface area contributed by atoms with Crippen LogP contribution in [-0.2, 0) is 5.75 Å². The van der Waals surface area contributed by atoms with Crippen molar-refractivity contribution in [3.63, 3.8) is 0 Å². The van der Waals surface area contributed by atoms with E-state index in [1.807, 2.05) is 83.0 Å². The Hall–Kier alpha value is 1.17. The Balaban J connectivity index is 1.43. The summed E-state index contributed by atoms with van der Waals surface area (Å²) in [7, 11) is 0. The lowest BCUT2D eigenvalue weighted by Crippen LogP contribution is -1.80. The third kappa shape index (κ3) is 4.96. The normalized spacial score (nSPS) is 21.2. The maximum Gasteiger partial charge on any atom is 0.0717 e. The second-order valence-electron chi connectivity index (χ2n) is 5.03. The van der Waals surface area contributed by atoms with Crippen molar-refractivity contribution in [2.24, 2.45) is 0 Å². The van der Waals surface area contributed by atoms with Crippen molar-refractivity contribution in [3.8, 4) is 0 Å². The van der Waals surface area contributed by atoms with Gasteiger partial charge in [0.15, 0.2) is 0 Å². The van der Waals surface area contributed by atoms with Crippen LogP contribution in [-0.4, -0.2) is 22.7 Å². The molecule has 0 saturated carbocycles. The first kappa shape index (κ1) is 19.5. The standard InChI is InChI=1S/C16H15NS8/c1-18-11-12(21-9-10-3-5-17-6-4-10)23-15(22-11)16-24-13-14(25-16)20-8-2-7-19-13/h3-6H,2,7-9H2,1H3. The molecule has 1 aromatic heterocycles. The molecule has 4 rings (SSSR count). The van der Waals surface area contributed by atoms with Crippen molar-refractivity contribution in [2.75, 3.05) is 17.8 Å². The molecule has 0 unspecified atom stereocenters. The van der Waals surface area contributed by atoms with E-state index in [1.165, 1.54) is 40.4 Å². The molecular weight excluding hydrogens is 463 g/mol. The van der Waals surface area contributed by atoms with E-state index in [-0.39, 0.29) is 0 Å². The summed E-state index contributed by atoms with van der Waals surface area (Å²) < 4.78 is 8.97. The van der Waals surface area contributed by atoms with Gasteiger partial charge in [0.05, 0.1) is 25.4 Å². The Morgan fingerprint density at radius 3 is 2.20 bits per heavy atom. The Labute approximate surface area is 183 Å². The molecule has 0 N–H and O–H groups in total. The molecule has 25 heavy (non-hydrogen) atoms. The number of hydrogen-bond donors (Lipinski definition) is 0. The summed E-state index contributed by atoms with van der Waals surface area (Å²) in [4.78, 5) is 4.11. The van der Waals surface area contributed by atoms with Gasteiger partial charge in [0.25, 0.3) is 0 Å². The maximum atomic E-state index is 4.11. The summed E-state index contributed by atoms with van der Waals surface area (Å²) >= 11 is 15.9. The predicted octanol–water partition coefficient (Wildman–Crippen LogP) is 7.89. The van der Waals surface area contributed by atoms with Gasteiger partial charge < -0.3 is 0 Å². The van der Waals surface area contributed by atoms with Gasteiger partial charge in [-0.1, -0.05) is 47.0 Å². The smallest absolute Gasteiger partial charge is 0.0717 e. The van der Waals surface area contributed by atoms with Gasteiger partial charge >= 0.3 is 0 Å². The van der Waals surface area contributed by atoms with Gasteiger partial charge in [0.2, 0.25) is 0 Å². The molecule has 0 bridgehead atoms. The molecule has 0 atom stereocenters. The monoisotopic (exact) mass is 477 g/mol. The average Bonchev–Trinajstić information content (AvgIpc) is 3.18. The molecule has 0 amide bonds. The summed E-state index contributed by atoms with van der Waals surface area (Å²) in [6.45, 7) is 0. The van der Waals surface area contributed by atoms with Crippen LogP contribution in [0.5, 0.6) is 0 Å².